The zero-order valence-corrected chi connectivity index (χ0v) is 11.5. The van der Waals surface area contributed by atoms with E-state index in [-0.39, 0.29) is 17.1 Å². The van der Waals surface area contributed by atoms with Crippen LogP contribution in [0.15, 0.2) is 29.2 Å². The second kappa shape index (κ2) is 4.61. The van der Waals surface area contributed by atoms with Gasteiger partial charge >= 0.3 is 0 Å². The second-order valence-electron chi connectivity index (χ2n) is 4.96. The molecule has 4 heteroatoms. The lowest BCUT2D eigenvalue weighted by Crippen LogP contribution is -2.34. The maximum atomic E-state index is 12.4. The fraction of sp³-hybridized carbons (Fsp3) is 0.462. The number of rotatable bonds is 4. The maximum absolute atomic E-state index is 12.4. The van der Waals surface area contributed by atoms with Crippen molar-refractivity contribution < 1.29 is 13.2 Å². The van der Waals surface area contributed by atoms with Crippen LogP contribution < -0.4 is 0 Å². The number of Topliss-reactive ketones (excluding diaryl/α,β-unsaturated/α-hetero) is 1. The van der Waals surface area contributed by atoms with Crippen LogP contribution in [0.5, 0.6) is 0 Å². The Balaban J connectivity index is 3.24. The van der Waals surface area contributed by atoms with E-state index in [0.717, 1.165) is 5.56 Å². The normalized spacial score (nSPS) is 12.5. The average Bonchev–Trinajstić information content (AvgIpc) is 2.15. The van der Waals surface area contributed by atoms with Crippen LogP contribution in [0.25, 0.3) is 0 Å². The quantitative estimate of drug-likeness (QED) is 0.829. The Morgan fingerprint density at radius 3 is 2.35 bits per heavy atom. The van der Waals surface area contributed by atoms with Crippen LogP contribution in [-0.2, 0) is 14.6 Å². The summed E-state index contributed by atoms with van der Waals surface area (Å²) < 4.78 is 23.7. The van der Waals surface area contributed by atoms with E-state index >= 15 is 0 Å². The van der Waals surface area contributed by atoms with Crippen molar-refractivity contribution in [3.8, 4) is 0 Å². The summed E-state index contributed by atoms with van der Waals surface area (Å²) in [5, 5.41) is 0. The smallest absolute Gasteiger partial charge is 0.183 e. The molecule has 0 radical (unpaired) electrons. The minimum Gasteiger partial charge on any atom is -0.300 e. The van der Waals surface area contributed by atoms with Gasteiger partial charge in [0.2, 0.25) is 0 Å². The molecule has 0 heterocycles. The lowest BCUT2D eigenvalue weighted by molar-refractivity contribution is -0.117. The summed E-state index contributed by atoms with van der Waals surface area (Å²) in [6.45, 7) is 6.43. The summed E-state index contributed by atoms with van der Waals surface area (Å²) >= 11 is 0. The number of hydrogen-bond acceptors (Lipinski definition) is 3. The third-order valence-electron chi connectivity index (χ3n) is 2.70. The van der Waals surface area contributed by atoms with E-state index in [2.05, 4.69) is 0 Å². The lowest BCUT2D eigenvalue weighted by Gasteiger charge is -2.23. The fourth-order valence-electron chi connectivity index (χ4n) is 1.80. The summed E-state index contributed by atoms with van der Waals surface area (Å²) in [6.07, 6.45) is 0.0310. The van der Waals surface area contributed by atoms with Gasteiger partial charge in [-0.1, -0.05) is 12.1 Å². The van der Waals surface area contributed by atoms with E-state index in [1.165, 1.54) is 6.92 Å². The fourth-order valence-corrected chi connectivity index (χ4v) is 3.43. The minimum absolute atomic E-state index is 0.0310. The molecule has 0 spiro atoms. The van der Waals surface area contributed by atoms with E-state index in [9.17, 15) is 13.2 Å². The van der Waals surface area contributed by atoms with Crippen LogP contribution in [0.4, 0.5) is 0 Å². The Kier molecular flexibility index (Phi) is 3.77. The van der Waals surface area contributed by atoms with Crippen molar-refractivity contribution in [3.05, 3.63) is 29.8 Å². The molecule has 0 N–H and O–H groups in total. The molecule has 3 nitrogen and oxygen atoms in total. The van der Waals surface area contributed by atoms with E-state index in [0.29, 0.717) is 0 Å². The Labute approximate surface area is 103 Å². The maximum Gasteiger partial charge on any atom is 0.183 e. The molecule has 1 aromatic carbocycles. The molecule has 94 valence electrons. The van der Waals surface area contributed by atoms with Gasteiger partial charge in [-0.25, -0.2) is 8.42 Å². The number of sulfone groups is 1. The molecule has 0 amide bonds. The van der Waals surface area contributed by atoms with Crippen molar-refractivity contribution in [3.63, 3.8) is 0 Å². The van der Waals surface area contributed by atoms with Gasteiger partial charge in [0.1, 0.15) is 5.78 Å². The van der Waals surface area contributed by atoms with Gasteiger partial charge in [-0.15, -0.1) is 0 Å². The molecule has 0 aromatic heterocycles. The molecule has 1 rings (SSSR count). The van der Waals surface area contributed by atoms with Crippen molar-refractivity contribution in [2.24, 2.45) is 0 Å². The zero-order valence-electron chi connectivity index (χ0n) is 10.6. The highest BCUT2D eigenvalue weighted by molar-refractivity contribution is 7.92. The first-order valence-electron chi connectivity index (χ1n) is 5.47. The number of benzene rings is 1. The summed E-state index contributed by atoms with van der Waals surface area (Å²) in [4.78, 5) is 11.4. The summed E-state index contributed by atoms with van der Waals surface area (Å²) in [7, 11) is -3.48. The first kappa shape index (κ1) is 13.9. The molecule has 0 atom stereocenters. The average molecular weight is 254 g/mol. The van der Waals surface area contributed by atoms with Gasteiger partial charge in [-0.05, 0) is 45.4 Å². The van der Waals surface area contributed by atoms with Crippen LogP contribution in [0.2, 0.25) is 0 Å². The monoisotopic (exact) mass is 254 g/mol. The first-order chi connectivity index (χ1) is 7.67. The number of carbonyl (C=O) groups is 1. The van der Waals surface area contributed by atoms with Gasteiger partial charge in [0, 0.05) is 6.42 Å². The van der Waals surface area contributed by atoms with Crippen molar-refractivity contribution in [1.29, 1.82) is 0 Å². The number of ketones is 1. The van der Waals surface area contributed by atoms with Gasteiger partial charge in [0.05, 0.1) is 9.64 Å². The molecule has 0 aliphatic heterocycles. The highest BCUT2D eigenvalue weighted by atomic mass is 32.2. The van der Waals surface area contributed by atoms with Crippen molar-refractivity contribution in [2.75, 3.05) is 0 Å². The Bertz CT molecular complexity index is 527. The molecule has 0 unspecified atom stereocenters. The Morgan fingerprint density at radius 2 is 1.88 bits per heavy atom. The van der Waals surface area contributed by atoms with Crippen LogP contribution in [-0.4, -0.2) is 18.9 Å². The van der Waals surface area contributed by atoms with E-state index < -0.39 is 14.6 Å². The molecule has 0 saturated carbocycles. The van der Waals surface area contributed by atoms with E-state index in [1.807, 2.05) is 13.0 Å². The highest BCUT2D eigenvalue weighted by Gasteiger charge is 2.36. The number of hydrogen-bond donors (Lipinski definition) is 0. The summed E-state index contributed by atoms with van der Waals surface area (Å²) in [5.41, 5.74) is 0.893. The van der Waals surface area contributed by atoms with Crippen LogP contribution in [0, 0.1) is 6.92 Å². The van der Waals surface area contributed by atoms with Crippen molar-refractivity contribution in [1.82, 2.24) is 0 Å². The molecule has 17 heavy (non-hydrogen) atoms. The van der Waals surface area contributed by atoms with Gasteiger partial charge in [0.25, 0.3) is 0 Å². The standard InChI is InChI=1S/C13H18O3S/c1-10-6-5-7-12(8-10)17(15,16)13(3,4)9-11(2)14/h5-8H,9H2,1-4H3. The molecule has 0 bridgehead atoms. The molecule has 0 aliphatic rings. The summed E-state index contributed by atoms with van der Waals surface area (Å²) in [6, 6.07) is 6.77. The molecule has 0 fully saturated rings. The SMILES string of the molecule is CC(=O)CC(C)(C)S(=O)(=O)c1cccc(C)c1. The molecular weight excluding hydrogens is 236 g/mol. The Hall–Kier alpha value is -1.16. The number of aryl methyl sites for hydroxylation is 1. The van der Waals surface area contributed by atoms with Crippen LogP contribution >= 0.6 is 0 Å². The third kappa shape index (κ3) is 2.94. The lowest BCUT2D eigenvalue weighted by atomic mass is 10.1. The third-order valence-corrected chi connectivity index (χ3v) is 5.18. The molecule has 1 aromatic rings. The Morgan fingerprint density at radius 1 is 1.29 bits per heavy atom. The van der Waals surface area contributed by atoms with Gasteiger partial charge < -0.3 is 0 Å². The largest absolute Gasteiger partial charge is 0.300 e. The molecule has 0 saturated heterocycles. The van der Waals surface area contributed by atoms with E-state index in [1.54, 1.807) is 32.0 Å². The minimum atomic E-state index is -3.48. The second-order valence-corrected chi connectivity index (χ2v) is 7.54. The van der Waals surface area contributed by atoms with Crippen molar-refractivity contribution in [2.45, 2.75) is 43.8 Å². The van der Waals surface area contributed by atoms with Crippen molar-refractivity contribution >= 4 is 15.6 Å². The van der Waals surface area contributed by atoms with Gasteiger partial charge in [0.15, 0.2) is 9.84 Å². The summed E-state index contributed by atoms with van der Waals surface area (Å²) in [5.74, 6) is -0.119. The van der Waals surface area contributed by atoms with Crippen LogP contribution in [0.3, 0.4) is 0 Å². The van der Waals surface area contributed by atoms with Gasteiger partial charge in [-0.3, -0.25) is 4.79 Å². The zero-order chi connectivity index (χ0) is 13.3. The van der Waals surface area contributed by atoms with E-state index in [4.69, 9.17) is 0 Å². The number of carbonyl (C=O) groups excluding carboxylic acids is 1. The molecule has 0 aliphatic carbocycles. The topological polar surface area (TPSA) is 51.2 Å². The highest BCUT2D eigenvalue weighted by Crippen LogP contribution is 2.28. The molecular formula is C13H18O3S. The predicted molar refractivity (Wildman–Crippen MR) is 67.7 cm³/mol. The first-order valence-corrected chi connectivity index (χ1v) is 6.96. The predicted octanol–water partition coefficient (Wildman–Crippen LogP) is 2.53. The van der Waals surface area contributed by atoms with Gasteiger partial charge in [-0.2, -0.15) is 0 Å². The van der Waals surface area contributed by atoms with Crippen LogP contribution in [0.1, 0.15) is 32.8 Å².